The van der Waals surface area contributed by atoms with E-state index in [1.54, 1.807) is 4.90 Å². The largest absolute Gasteiger partial charge is 0.378 e. The number of amides is 2. The molecule has 0 spiro atoms. The number of carbonyl (C=O) groups is 2. The van der Waals surface area contributed by atoms with Crippen LogP contribution in [-0.2, 0) is 19.7 Å². The molecule has 6 heteroatoms. The minimum Gasteiger partial charge on any atom is -0.378 e. The van der Waals surface area contributed by atoms with Crippen molar-refractivity contribution in [2.75, 3.05) is 49.6 Å². The molecule has 2 aliphatic rings. The predicted octanol–water partition coefficient (Wildman–Crippen LogP) is 3.66. The van der Waals surface area contributed by atoms with Gasteiger partial charge >= 0.3 is 0 Å². The topological polar surface area (TPSA) is 61.9 Å². The zero-order chi connectivity index (χ0) is 22.7. The zero-order valence-corrected chi connectivity index (χ0v) is 19.3. The number of nitrogens with zero attached hydrogens (tertiary/aromatic N) is 2. The van der Waals surface area contributed by atoms with Crippen LogP contribution >= 0.6 is 0 Å². The van der Waals surface area contributed by atoms with Gasteiger partial charge in [-0.2, -0.15) is 0 Å². The Kier molecular flexibility index (Phi) is 6.51. The van der Waals surface area contributed by atoms with Crippen molar-refractivity contribution < 1.29 is 14.3 Å². The lowest BCUT2D eigenvalue weighted by atomic mass is 9.91. The van der Waals surface area contributed by atoms with Crippen molar-refractivity contribution in [2.45, 2.75) is 39.0 Å². The molecule has 4 rings (SSSR count). The van der Waals surface area contributed by atoms with E-state index in [-0.39, 0.29) is 18.4 Å². The van der Waals surface area contributed by atoms with Gasteiger partial charge in [0.25, 0.3) is 0 Å². The molecule has 2 fully saturated rings. The number of nitrogens with one attached hydrogen (secondary N) is 1. The van der Waals surface area contributed by atoms with E-state index in [0.29, 0.717) is 6.54 Å². The summed E-state index contributed by atoms with van der Waals surface area (Å²) < 4.78 is 5.40. The maximum absolute atomic E-state index is 13.4. The first-order chi connectivity index (χ1) is 15.4. The summed E-state index contributed by atoms with van der Waals surface area (Å²) in [6.07, 6.45) is 1.69. The second-order valence-corrected chi connectivity index (χ2v) is 8.97. The number of likely N-dealkylation sites (N-methyl/N-ethyl adjacent to an activating group) is 1. The molecule has 170 valence electrons. The van der Waals surface area contributed by atoms with E-state index in [4.69, 9.17) is 4.74 Å². The average molecular weight is 436 g/mol. The number of aryl methyl sites for hydroxylation is 2. The van der Waals surface area contributed by atoms with Gasteiger partial charge < -0.3 is 19.9 Å². The Labute approximate surface area is 190 Å². The molecule has 0 unspecified atom stereocenters. The van der Waals surface area contributed by atoms with Gasteiger partial charge in [0, 0.05) is 31.0 Å². The van der Waals surface area contributed by atoms with Gasteiger partial charge in [-0.3, -0.25) is 9.59 Å². The molecule has 0 bridgehead atoms. The van der Waals surface area contributed by atoms with Crippen LogP contribution in [0.2, 0.25) is 0 Å². The number of hydrogen-bond donors (Lipinski definition) is 1. The highest BCUT2D eigenvalue weighted by Crippen LogP contribution is 2.50. The summed E-state index contributed by atoms with van der Waals surface area (Å²) in [5.41, 5.74) is 4.82. The molecule has 1 N–H and O–H groups in total. The smallest absolute Gasteiger partial charge is 0.243 e. The van der Waals surface area contributed by atoms with Crippen LogP contribution in [0.1, 0.15) is 36.5 Å². The first-order valence-corrected chi connectivity index (χ1v) is 11.5. The highest BCUT2D eigenvalue weighted by atomic mass is 16.5. The van der Waals surface area contributed by atoms with E-state index in [0.717, 1.165) is 56.1 Å². The fourth-order valence-electron chi connectivity index (χ4n) is 4.58. The van der Waals surface area contributed by atoms with Gasteiger partial charge in [0.1, 0.15) is 0 Å². The Balaban J connectivity index is 1.39. The summed E-state index contributed by atoms with van der Waals surface area (Å²) in [6, 6.07) is 14.2. The minimum absolute atomic E-state index is 0.0582. The minimum atomic E-state index is -0.465. The monoisotopic (exact) mass is 435 g/mol. The fraction of sp³-hybridized carbons (Fsp3) is 0.462. The summed E-state index contributed by atoms with van der Waals surface area (Å²) in [5.74, 6) is -0.113. The summed E-state index contributed by atoms with van der Waals surface area (Å²) in [5, 5.41) is 2.95. The van der Waals surface area contributed by atoms with E-state index < -0.39 is 5.41 Å². The second kappa shape index (κ2) is 9.33. The van der Waals surface area contributed by atoms with Gasteiger partial charge in [0.2, 0.25) is 11.8 Å². The van der Waals surface area contributed by atoms with E-state index >= 15 is 0 Å². The van der Waals surface area contributed by atoms with E-state index in [1.165, 1.54) is 11.1 Å². The van der Waals surface area contributed by atoms with Crippen LogP contribution in [0.25, 0.3) is 0 Å². The molecule has 2 amide bonds. The van der Waals surface area contributed by atoms with Crippen LogP contribution in [-0.4, -0.2) is 56.1 Å². The Bertz CT molecular complexity index is 956. The highest BCUT2D eigenvalue weighted by molar-refractivity contribution is 5.98. The highest BCUT2D eigenvalue weighted by Gasteiger charge is 2.53. The Morgan fingerprint density at radius 2 is 1.66 bits per heavy atom. The van der Waals surface area contributed by atoms with Crippen molar-refractivity contribution in [3.63, 3.8) is 0 Å². The number of rotatable bonds is 7. The SMILES string of the molecule is CCN(CC(=O)Nc1ccc(N2CCOCC2)cc1)C(=O)C1(c2cc(C)cc(C)c2)CC1. The number of carbonyl (C=O) groups excluding carboxylic acids is 2. The number of morpholine rings is 1. The molecule has 1 heterocycles. The Morgan fingerprint density at radius 1 is 1.03 bits per heavy atom. The summed E-state index contributed by atoms with van der Waals surface area (Å²) in [7, 11) is 0. The van der Waals surface area contributed by atoms with Crippen LogP contribution in [0.15, 0.2) is 42.5 Å². The van der Waals surface area contributed by atoms with E-state index in [1.807, 2.05) is 31.2 Å². The van der Waals surface area contributed by atoms with Crippen molar-refractivity contribution in [3.05, 3.63) is 59.2 Å². The maximum atomic E-state index is 13.4. The van der Waals surface area contributed by atoms with Gasteiger partial charge in [0.05, 0.1) is 25.2 Å². The molecule has 0 atom stereocenters. The van der Waals surface area contributed by atoms with Gasteiger partial charge in [-0.05, 0) is 63.4 Å². The van der Waals surface area contributed by atoms with Crippen LogP contribution in [0, 0.1) is 13.8 Å². The molecule has 0 radical (unpaired) electrons. The van der Waals surface area contributed by atoms with Gasteiger partial charge in [-0.1, -0.05) is 29.3 Å². The van der Waals surface area contributed by atoms with Crippen molar-refractivity contribution in [1.82, 2.24) is 4.90 Å². The first-order valence-electron chi connectivity index (χ1n) is 11.5. The fourth-order valence-corrected chi connectivity index (χ4v) is 4.58. The Hall–Kier alpha value is -2.86. The summed E-state index contributed by atoms with van der Waals surface area (Å²) >= 11 is 0. The third-order valence-corrected chi connectivity index (χ3v) is 6.46. The lowest BCUT2D eigenvalue weighted by Gasteiger charge is -2.29. The standard InChI is InChI=1S/C26H33N3O3/c1-4-28(25(31)26(9-10-26)21-16-19(2)15-20(3)17-21)18-24(30)27-22-5-7-23(8-6-22)29-11-13-32-14-12-29/h5-8,15-17H,4,9-14,18H2,1-3H3,(H,27,30). The zero-order valence-electron chi connectivity index (χ0n) is 19.3. The average Bonchev–Trinajstić information content (AvgIpc) is 3.60. The number of anilines is 2. The lowest BCUT2D eigenvalue weighted by Crippen LogP contribution is -2.43. The number of ether oxygens (including phenoxy) is 1. The molecule has 1 aliphatic heterocycles. The molecule has 0 aromatic heterocycles. The molecule has 2 aromatic carbocycles. The van der Waals surface area contributed by atoms with Crippen LogP contribution in [0.5, 0.6) is 0 Å². The molecular formula is C26H33N3O3. The van der Waals surface area contributed by atoms with Gasteiger partial charge in [-0.25, -0.2) is 0 Å². The van der Waals surface area contributed by atoms with Crippen LogP contribution < -0.4 is 10.2 Å². The molecular weight excluding hydrogens is 402 g/mol. The molecule has 2 aromatic rings. The summed E-state index contributed by atoms with van der Waals surface area (Å²) in [6.45, 7) is 9.86. The maximum Gasteiger partial charge on any atom is 0.243 e. The van der Waals surface area contributed by atoms with E-state index in [2.05, 4.69) is 42.3 Å². The normalized spacial score (nSPS) is 17.0. The molecule has 1 saturated carbocycles. The van der Waals surface area contributed by atoms with Gasteiger partial charge in [0.15, 0.2) is 0 Å². The molecule has 6 nitrogen and oxygen atoms in total. The molecule has 1 saturated heterocycles. The first kappa shape index (κ1) is 22.3. The van der Waals surface area contributed by atoms with Crippen LogP contribution in [0.3, 0.4) is 0 Å². The van der Waals surface area contributed by atoms with E-state index in [9.17, 15) is 9.59 Å². The number of hydrogen-bond acceptors (Lipinski definition) is 4. The number of benzene rings is 2. The van der Waals surface area contributed by atoms with Crippen molar-refractivity contribution in [1.29, 1.82) is 0 Å². The van der Waals surface area contributed by atoms with Crippen molar-refractivity contribution >= 4 is 23.2 Å². The van der Waals surface area contributed by atoms with Crippen LogP contribution in [0.4, 0.5) is 11.4 Å². The lowest BCUT2D eigenvalue weighted by molar-refractivity contribution is -0.136. The second-order valence-electron chi connectivity index (χ2n) is 8.97. The third-order valence-electron chi connectivity index (χ3n) is 6.46. The molecule has 1 aliphatic carbocycles. The Morgan fingerprint density at radius 3 is 2.22 bits per heavy atom. The molecule has 32 heavy (non-hydrogen) atoms. The predicted molar refractivity (Wildman–Crippen MR) is 127 cm³/mol. The van der Waals surface area contributed by atoms with Gasteiger partial charge in [-0.15, -0.1) is 0 Å². The van der Waals surface area contributed by atoms with Crippen molar-refractivity contribution in [2.24, 2.45) is 0 Å². The summed E-state index contributed by atoms with van der Waals surface area (Å²) in [4.78, 5) is 30.1. The quantitative estimate of drug-likeness (QED) is 0.721. The third kappa shape index (κ3) is 4.80. The van der Waals surface area contributed by atoms with Crippen molar-refractivity contribution in [3.8, 4) is 0 Å².